The fourth-order valence-electron chi connectivity index (χ4n) is 2.53. The first kappa shape index (κ1) is 16.9. The lowest BCUT2D eigenvalue weighted by Gasteiger charge is -2.34. The van der Waals surface area contributed by atoms with Crippen LogP contribution in [0.1, 0.15) is 57.2 Å². The van der Waals surface area contributed by atoms with E-state index < -0.39 is 0 Å². The molecule has 5 nitrogen and oxygen atoms in total. The third kappa shape index (κ3) is 4.15. The van der Waals surface area contributed by atoms with Gasteiger partial charge < -0.3 is 15.4 Å². The van der Waals surface area contributed by atoms with Gasteiger partial charge in [0.1, 0.15) is 5.82 Å². The summed E-state index contributed by atoms with van der Waals surface area (Å²) in [4.78, 5) is 19.2. The second-order valence-corrected chi connectivity index (χ2v) is 6.47. The van der Waals surface area contributed by atoms with E-state index in [1.165, 1.54) is 0 Å². The van der Waals surface area contributed by atoms with Gasteiger partial charge in [-0.15, -0.1) is 0 Å². The number of nitrogens with one attached hydrogen (secondary N) is 2. The van der Waals surface area contributed by atoms with Crippen LogP contribution in [0.3, 0.4) is 0 Å². The summed E-state index contributed by atoms with van der Waals surface area (Å²) in [7, 11) is 0. The van der Waals surface area contributed by atoms with Crippen LogP contribution in [0, 0.1) is 19.3 Å². The molecule has 0 radical (unpaired) electrons. The molecule has 20 heavy (non-hydrogen) atoms. The highest BCUT2D eigenvalue weighted by Crippen LogP contribution is 2.24. The number of nitrogens with zero attached hydrogens (tertiary/aromatic N) is 1. The smallest absolute Gasteiger partial charge is 0.255 e. The molecule has 1 rings (SSSR count). The number of aliphatic hydroxyl groups excluding tert-OH is 1. The Morgan fingerprint density at radius 3 is 2.40 bits per heavy atom. The van der Waals surface area contributed by atoms with Gasteiger partial charge in [0, 0.05) is 24.4 Å². The summed E-state index contributed by atoms with van der Waals surface area (Å²) in [5.74, 6) is 0.631. The van der Waals surface area contributed by atoms with Crippen molar-refractivity contribution >= 4 is 0 Å². The van der Waals surface area contributed by atoms with E-state index in [0.717, 1.165) is 5.69 Å². The molecule has 0 aliphatic carbocycles. The van der Waals surface area contributed by atoms with Gasteiger partial charge in [0.25, 0.3) is 5.56 Å². The predicted molar refractivity (Wildman–Crippen MR) is 80.8 cm³/mol. The van der Waals surface area contributed by atoms with Gasteiger partial charge in [0.2, 0.25) is 0 Å². The van der Waals surface area contributed by atoms with Crippen molar-refractivity contribution < 1.29 is 5.11 Å². The Balaban J connectivity index is 3.01. The van der Waals surface area contributed by atoms with Crippen molar-refractivity contribution in [2.24, 2.45) is 5.41 Å². The van der Waals surface area contributed by atoms with Crippen molar-refractivity contribution in [1.82, 2.24) is 15.3 Å². The van der Waals surface area contributed by atoms with Gasteiger partial charge in [0.15, 0.2) is 0 Å². The molecule has 0 amide bonds. The number of hydrogen-bond donors (Lipinski definition) is 3. The van der Waals surface area contributed by atoms with Crippen LogP contribution in [0.2, 0.25) is 0 Å². The monoisotopic (exact) mass is 281 g/mol. The number of H-pyrrole nitrogens is 1. The van der Waals surface area contributed by atoms with Gasteiger partial charge >= 0.3 is 0 Å². The molecule has 5 heteroatoms. The molecule has 3 N–H and O–H groups in total. The molecule has 1 aromatic rings. The fourth-order valence-corrected chi connectivity index (χ4v) is 2.53. The molecule has 1 heterocycles. The van der Waals surface area contributed by atoms with Gasteiger partial charge in [-0.1, -0.05) is 20.8 Å². The fraction of sp³-hybridized carbons (Fsp3) is 0.733. The minimum Gasteiger partial charge on any atom is -0.396 e. The minimum atomic E-state index is -0.109. The SMILES string of the molecule is Cc1nc(C)c(C(C)NC(CCO)C(C)(C)C)c(=O)[nH]1. The first-order valence-corrected chi connectivity index (χ1v) is 7.11. The minimum absolute atomic E-state index is 0.00970. The molecular weight excluding hydrogens is 254 g/mol. The van der Waals surface area contributed by atoms with Crippen LogP contribution in [-0.4, -0.2) is 27.7 Å². The predicted octanol–water partition coefficient (Wildman–Crippen LogP) is 1.83. The molecule has 0 bridgehead atoms. The number of rotatable bonds is 5. The molecule has 2 atom stereocenters. The van der Waals surface area contributed by atoms with Crippen LogP contribution in [0.25, 0.3) is 0 Å². The van der Waals surface area contributed by atoms with Crippen LogP contribution >= 0.6 is 0 Å². The Morgan fingerprint density at radius 1 is 1.35 bits per heavy atom. The topological polar surface area (TPSA) is 78.0 Å². The summed E-state index contributed by atoms with van der Waals surface area (Å²) in [6, 6.07) is 0.0187. The van der Waals surface area contributed by atoms with Gasteiger partial charge in [-0.2, -0.15) is 0 Å². The molecule has 0 fully saturated rings. The van der Waals surface area contributed by atoms with Crippen LogP contribution in [0.4, 0.5) is 0 Å². The highest BCUT2D eigenvalue weighted by molar-refractivity contribution is 5.20. The molecule has 114 valence electrons. The van der Waals surface area contributed by atoms with Crippen molar-refractivity contribution in [1.29, 1.82) is 0 Å². The second-order valence-electron chi connectivity index (χ2n) is 6.47. The zero-order valence-electron chi connectivity index (χ0n) is 13.4. The standard InChI is InChI=1S/C15H27N3O2/c1-9-13(14(20)18-11(3)16-9)10(2)17-12(7-8-19)15(4,5)6/h10,12,17,19H,7-8H2,1-6H3,(H,16,18,20). The second kappa shape index (κ2) is 6.50. The van der Waals surface area contributed by atoms with Crippen LogP contribution < -0.4 is 10.9 Å². The highest BCUT2D eigenvalue weighted by Gasteiger charge is 2.27. The number of hydrogen-bond acceptors (Lipinski definition) is 4. The number of aryl methyl sites for hydroxylation is 2. The molecule has 0 aliphatic rings. The zero-order chi connectivity index (χ0) is 15.5. The Bertz CT molecular complexity index is 503. The molecule has 2 unspecified atom stereocenters. The Hall–Kier alpha value is -1.20. The van der Waals surface area contributed by atoms with E-state index in [9.17, 15) is 9.90 Å². The maximum absolute atomic E-state index is 12.1. The van der Waals surface area contributed by atoms with Gasteiger partial charge in [-0.25, -0.2) is 4.98 Å². The molecular formula is C15H27N3O2. The molecule has 0 aromatic carbocycles. The largest absolute Gasteiger partial charge is 0.396 e. The summed E-state index contributed by atoms with van der Waals surface area (Å²) in [5, 5.41) is 12.7. The summed E-state index contributed by atoms with van der Waals surface area (Å²) in [5.41, 5.74) is 1.34. The zero-order valence-corrected chi connectivity index (χ0v) is 13.4. The maximum Gasteiger partial charge on any atom is 0.255 e. The van der Waals surface area contributed by atoms with E-state index in [1.54, 1.807) is 6.92 Å². The maximum atomic E-state index is 12.1. The van der Waals surface area contributed by atoms with Crippen molar-refractivity contribution in [3.8, 4) is 0 Å². The summed E-state index contributed by atoms with van der Waals surface area (Å²) in [6.45, 7) is 12.1. The quantitative estimate of drug-likeness (QED) is 0.769. The molecule has 0 aliphatic heterocycles. The average Bonchev–Trinajstić information content (AvgIpc) is 2.25. The first-order chi connectivity index (χ1) is 9.16. The normalized spacial score (nSPS) is 15.2. The summed E-state index contributed by atoms with van der Waals surface area (Å²) < 4.78 is 0. The van der Waals surface area contributed by atoms with Crippen molar-refractivity contribution in [2.75, 3.05) is 6.61 Å². The lowest BCUT2D eigenvalue weighted by atomic mass is 9.84. The number of aliphatic hydroxyl groups is 1. The van der Waals surface area contributed by atoms with Crippen molar-refractivity contribution in [3.63, 3.8) is 0 Å². The van der Waals surface area contributed by atoms with E-state index in [4.69, 9.17) is 0 Å². The van der Waals surface area contributed by atoms with Crippen LogP contribution in [-0.2, 0) is 0 Å². The van der Waals surface area contributed by atoms with E-state index in [2.05, 4.69) is 36.1 Å². The Morgan fingerprint density at radius 2 is 1.95 bits per heavy atom. The van der Waals surface area contributed by atoms with Gasteiger partial charge in [-0.3, -0.25) is 4.79 Å². The Labute approximate surface area is 120 Å². The molecule has 1 aromatic heterocycles. The van der Waals surface area contributed by atoms with E-state index >= 15 is 0 Å². The van der Waals surface area contributed by atoms with E-state index in [1.807, 2.05) is 13.8 Å². The third-order valence-corrected chi connectivity index (χ3v) is 3.61. The molecule has 0 spiro atoms. The first-order valence-electron chi connectivity index (χ1n) is 7.11. The van der Waals surface area contributed by atoms with Gasteiger partial charge in [-0.05, 0) is 32.6 Å². The number of aromatic amines is 1. The van der Waals surface area contributed by atoms with E-state index in [-0.39, 0.29) is 29.7 Å². The molecule has 0 saturated carbocycles. The van der Waals surface area contributed by atoms with Crippen LogP contribution in [0.5, 0.6) is 0 Å². The number of aromatic nitrogens is 2. The summed E-state index contributed by atoms with van der Waals surface area (Å²) >= 11 is 0. The lowest BCUT2D eigenvalue weighted by molar-refractivity contribution is 0.187. The molecule has 0 saturated heterocycles. The van der Waals surface area contributed by atoms with Crippen molar-refractivity contribution in [3.05, 3.63) is 27.4 Å². The lowest BCUT2D eigenvalue weighted by Crippen LogP contribution is -2.43. The van der Waals surface area contributed by atoms with Gasteiger partial charge in [0.05, 0.1) is 5.56 Å². The Kier molecular flexibility index (Phi) is 5.48. The highest BCUT2D eigenvalue weighted by atomic mass is 16.3. The van der Waals surface area contributed by atoms with Crippen LogP contribution in [0.15, 0.2) is 4.79 Å². The summed E-state index contributed by atoms with van der Waals surface area (Å²) in [6.07, 6.45) is 0.657. The average molecular weight is 281 g/mol. The van der Waals surface area contributed by atoms with Crippen molar-refractivity contribution in [2.45, 2.75) is 60.0 Å². The third-order valence-electron chi connectivity index (χ3n) is 3.61. The van der Waals surface area contributed by atoms with E-state index in [0.29, 0.717) is 17.8 Å².